The molecule has 1 atom stereocenters. The second kappa shape index (κ2) is 8.89. The predicted molar refractivity (Wildman–Crippen MR) is 131 cm³/mol. The fourth-order valence-electron chi connectivity index (χ4n) is 4.30. The standard InChI is InChI=1S/C27H25NO4S/c1-17-6-8-20(9-7-17)28-14-24-18(4-3-5-23(24)27(28)30)15-32-21-10-11-22-19(12-26(29)31-2)16-33-25(22)13-21/h3-11,13,16,27,30H,12,14-15H2,1-2H3. The Morgan fingerprint density at radius 2 is 1.94 bits per heavy atom. The third kappa shape index (κ3) is 4.19. The fourth-order valence-corrected chi connectivity index (χ4v) is 5.29. The summed E-state index contributed by atoms with van der Waals surface area (Å²) in [6.07, 6.45) is -0.398. The number of rotatable bonds is 6. The summed E-state index contributed by atoms with van der Waals surface area (Å²) in [4.78, 5) is 13.6. The zero-order valence-electron chi connectivity index (χ0n) is 18.6. The van der Waals surface area contributed by atoms with E-state index in [9.17, 15) is 9.90 Å². The number of fused-ring (bicyclic) bond motifs is 2. The number of carbonyl (C=O) groups excluding carboxylic acids is 1. The maximum Gasteiger partial charge on any atom is 0.310 e. The van der Waals surface area contributed by atoms with Crippen molar-refractivity contribution >= 4 is 33.1 Å². The van der Waals surface area contributed by atoms with Crippen molar-refractivity contribution in [2.45, 2.75) is 32.7 Å². The van der Waals surface area contributed by atoms with Crippen LogP contribution in [0.25, 0.3) is 10.1 Å². The molecule has 5 rings (SSSR count). The van der Waals surface area contributed by atoms with E-state index >= 15 is 0 Å². The minimum Gasteiger partial charge on any atom is -0.489 e. The van der Waals surface area contributed by atoms with Crippen LogP contribution in [0.3, 0.4) is 0 Å². The van der Waals surface area contributed by atoms with Crippen LogP contribution < -0.4 is 9.64 Å². The first-order valence-corrected chi connectivity index (χ1v) is 11.7. The molecule has 5 nitrogen and oxygen atoms in total. The van der Waals surface area contributed by atoms with Crippen LogP contribution in [0.2, 0.25) is 0 Å². The third-order valence-corrected chi connectivity index (χ3v) is 7.15. The van der Waals surface area contributed by atoms with E-state index in [0.717, 1.165) is 43.8 Å². The van der Waals surface area contributed by atoms with Gasteiger partial charge in [0.1, 0.15) is 12.4 Å². The van der Waals surface area contributed by atoms with E-state index in [0.29, 0.717) is 13.2 Å². The molecule has 168 valence electrons. The van der Waals surface area contributed by atoms with Gasteiger partial charge in [-0.1, -0.05) is 35.9 Å². The molecule has 1 N–H and O–H groups in total. The van der Waals surface area contributed by atoms with Crippen LogP contribution in [0, 0.1) is 6.92 Å². The molecule has 0 spiro atoms. The maximum atomic E-state index is 11.6. The van der Waals surface area contributed by atoms with Crippen LogP contribution in [-0.2, 0) is 29.1 Å². The smallest absolute Gasteiger partial charge is 0.310 e. The first-order chi connectivity index (χ1) is 16.0. The van der Waals surface area contributed by atoms with Gasteiger partial charge in [-0.2, -0.15) is 0 Å². The normalized spacial score (nSPS) is 15.0. The highest BCUT2D eigenvalue weighted by molar-refractivity contribution is 7.17. The van der Waals surface area contributed by atoms with Gasteiger partial charge in [-0.25, -0.2) is 0 Å². The van der Waals surface area contributed by atoms with E-state index in [1.807, 2.05) is 52.7 Å². The number of hydrogen-bond acceptors (Lipinski definition) is 6. The number of nitrogens with zero attached hydrogens (tertiary/aromatic N) is 1. The quantitative estimate of drug-likeness (QED) is 0.385. The van der Waals surface area contributed by atoms with Gasteiger partial charge in [0.15, 0.2) is 6.23 Å². The summed E-state index contributed by atoms with van der Waals surface area (Å²) in [5.41, 5.74) is 6.28. The van der Waals surface area contributed by atoms with Crippen molar-refractivity contribution in [1.82, 2.24) is 0 Å². The average molecular weight is 460 g/mol. The highest BCUT2D eigenvalue weighted by atomic mass is 32.1. The molecule has 0 aliphatic carbocycles. The average Bonchev–Trinajstić information content (AvgIpc) is 3.39. The summed E-state index contributed by atoms with van der Waals surface area (Å²) < 4.78 is 12.0. The van der Waals surface area contributed by atoms with E-state index in [2.05, 4.69) is 25.1 Å². The Bertz CT molecular complexity index is 1310. The first kappa shape index (κ1) is 21.5. The Hall–Kier alpha value is -3.35. The number of thiophene rings is 1. The lowest BCUT2D eigenvalue weighted by Gasteiger charge is -2.23. The summed E-state index contributed by atoms with van der Waals surface area (Å²) in [7, 11) is 1.40. The van der Waals surface area contributed by atoms with Gasteiger partial charge in [0.25, 0.3) is 0 Å². The van der Waals surface area contributed by atoms with Gasteiger partial charge in [0, 0.05) is 22.5 Å². The monoisotopic (exact) mass is 459 g/mol. The van der Waals surface area contributed by atoms with Gasteiger partial charge in [0.05, 0.1) is 13.5 Å². The summed E-state index contributed by atoms with van der Waals surface area (Å²) >= 11 is 1.59. The number of carbonyl (C=O) groups is 1. The Labute approximate surface area is 196 Å². The lowest BCUT2D eigenvalue weighted by molar-refractivity contribution is -0.139. The van der Waals surface area contributed by atoms with Crippen LogP contribution in [0.4, 0.5) is 5.69 Å². The first-order valence-electron chi connectivity index (χ1n) is 10.9. The molecular weight excluding hydrogens is 434 g/mol. The Morgan fingerprint density at radius 3 is 2.73 bits per heavy atom. The van der Waals surface area contributed by atoms with Gasteiger partial charge in [-0.15, -0.1) is 11.3 Å². The van der Waals surface area contributed by atoms with Crippen LogP contribution in [0.1, 0.15) is 34.0 Å². The number of methoxy groups -OCH3 is 1. The lowest BCUT2D eigenvalue weighted by Crippen LogP contribution is -2.20. The molecule has 0 saturated heterocycles. The molecule has 6 heteroatoms. The molecule has 3 aromatic carbocycles. The summed E-state index contributed by atoms with van der Waals surface area (Å²) in [6, 6.07) is 20.2. The SMILES string of the molecule is COC(=O)Cc1csc2cc(OCc3cccc4c3CN(c3ccc(C)cc3)C4O)ccc12. The molecule has 1 unspecified atom stereocenters. The van der Waals surface area contributed by atoms with Gasteiger partial charge in [-0.05, 0) is 64.7 Å². The summed E-state index contributed by atoms with van der Waals surface area (Å²) in [6.45, 7) is 3.12. The van der Waals surface area contributed by atoms with E-state index in [1.54, 1.807) is 11.3 Å². The lowest BCUT2D eigenvalue weighted by atomic mass is 10.0. The van der Waals surface area contributed by atoms with Gasteiger partial charge in [0.2, 0.25) is 0 Å². The van der Waals surface area contributed by atoms with Crippen molar-refractivity contribution in [1.29, 1.82) is 0 Å². The van der Waals surface area contributed by atoms with E-state index in [4.69, 9.17) is 9.47 Å². The molecule has 1 aliphatic rings. The van der Waals surface area contributed by atoms with Crippen molar-refractivity contribution in [3.63, 3.8) is 0 Å². The Kier molecular flexibility index (Phi) is 5.79. The highest BCUT2D eigenvalue weighted by Gasteiger charge is 2.30. The summed E-state index contributed by atoms with van der Waals surface area (Å²) in [5.74, 6) is 0.537. The second-order valence-corrected chi connectivity index (χ2v) is 9.19. The molecule has 0 amide bonds. The maximum absolute atomic E-state index is 11.6. The Balaban J connectivity index is 1.33. The zero-order valence-corrected chi connectivity index (χ0v) is 19.4. The molecule has 1 aromatic heterocycles. The minimum atomic E-state index is -0.668. The fraction of sp³-hybridized carbons (Fsp3) is 0.222. The van der Waals surface area contributed by atoms with Gasteiger partial charge in [-0.3, -0.25) is 4.79 Å². The van der Waals surface area contributed by atoms with E-state index in [1.165, 1.54) is 12.7 Å². The zero-order chi connectivity index (χ0) is 22.9. The number of ether oxygens (including phenoxy) is 2. The van der Waals surface area contributed by atoms with Crippen molar-refractivity contribution in [2.75, 3.05) is 12.0 Å². The number of aliphatic hydroxyl groups excluding tert-OH is 1. The Morgan fingerprint density at radius 1 is 1.12 bits per heavy atom. The van der Waals surface area contributed by atoms with Crippen LogP contribution in [-0.4, -0.2) is 18.2 Å². The largest absolute Gasteiger partial charge is 0.489 e. The molecule has 0 fully saturated rings. The molecule has 0 bridgehead atoms. The number of benzene rings is 3. The number of anilines is 1. The van der Waals surface area contributed by atoms with Crippen molar-refractivity contribution in [3.05, 3.63) is 93.9 Å². The topological polar surface area (TPSA) is 59.0 Å². The second-order valence-electron chi connectivity index (χ2n) is 8.28. The molecule has 2 heterocycles. The van der Waals surface area contributed by atoms with Crippen LogP contribution in [0.5, 0.6) is 5.75 Å². The molecule has 4 aromatic rings. The highest BCUT2D eigenvalue weighted by Crippen LogP contribution is 2.38. The van der Waals surface area contributed by atoms with Crippen LogP contribution in [0.15, 0.2) is 66.0 Å². The van der Waals surface area contributed by atoms with E-state index in [-0.39, 0.29) is 12.4 Å². The minimum absolute atomic E-state index is 0.241. The molecule has 0 radical (unpaired) electrons. The summed E-state index contributed by atoms with van der Waals surface area (Å²) in [5, 5.41) is 14.0. The predicted octanol–water partition coefficient (Wildman–Crippen LogP) is 5.52. The number of aliphatic hydroxyl groups is 1. The van der Waals surface area contributed by atoms with Crippen molar-refractivity contribution < 1.29 is 19.4 Å². The van der Waals surface area contributed by atoms with Crippen molar-refractivity contribution in [3.8, 4) is 5.75 Å². The molecule has 33 heavy (non-hydrogen) atoms. The number of aryl methyl sites for hydroxylation is 1. The van der Waals surface area contributed by atoms with E-state index < -0.39 is 6.23 Å². The van der Waals surface area contributed by atoms with Crippen LogP contribution >= 0.6 is 11.3 Å². The molecule has 0 saturated carbocycles. The van der Waals surface area contributed by atoms with Gasteiger partial charge >= 0.3 is 5.97 Å². The number of hydrogen-bond donors (Lipinski definition) is 1. The third-order valence-electron chi connectivity index (χ3n) is 6.16. The van der Waals surface area contributed by atoms with Crippen molar-refractivity contribution in [2.24, 2.45) is 0 Å². The molecular formula is C27H25NO4S. The van der Waals surface area contributed by atoms with Gasteiger partial charge < -0.3 is 19.5 Å². The molecule has 1 aliphatic heterocycles. The number of esters is 1.